The van der Waals surface area contributed by atoms with E-state index in [4.69, 9.17) is 23.9 Å². The molecule has 278 valence electrons. The first-order valence-corrected chi connectivity index (χ1v) is 18.2. The molecule has 52 heavy (non-hydrogen) atoms. The average Bonchev–Trinajstić information content (AvgIpc) is 3.68. The second kappa shape index (κ2) is 16.8. The number of piperidine rings is 1. The Bertz CT molecular complexity index is 1810. The van der Waals surface area contributed by atoms with Crippen molar-refractivity contribution in [3.05, 3.63) is 77.6 Å². The first kappa shape index (κ1) is 37.1. The van der Waals surface area contributed by atoms with E-state index in [0.717, 1.165) is 68.0 Å². The smallest absolute Gasteiger partial charge is 0.260 e. The van der Waals surface area contributed by atoms with Crippen LogP contribution in [0.2, 0.25) is 0 Å². The molecule has 6 rings (SSSR count). The number of fused-ring (bicyclic) bond motifs is 1. The monoisotopic (exact) mass is 715 g/mol. The highest BCUT2D eigenvalue weighted by Gasteiger charge is 2.48. The third kappa shape index (κ3) is 8.03. The summed E-state index contributed by atoms with van der Waals surface area (Å²) in [6.45, 7) is 7.06. The lowest BCUT2D eigenvalue weighted by Crippen LogP contribution is -2.41. The number of para-hydroxylation sites is 2. The van der Waals surface area contributed by atoms with Crippen LogP contribution >= 0.6 is 0 Å². The van der Waals surface area contributed by atoms with Crippen molar-refractivity contribution in [2.75, 3.05) is 66.0 Å². The van der Waals surface area contributed by atoms with E-state index in [1.54, 1.807) is 24.3 Å². The van der Waals surface area contributed by atoms with E-state index in [1.807, 2.05) is 25.1 Å². The number of imide groups is 1. The molecule has 0 bridgehead atoms. The molecule has 2 amide bonds. The van der Waals surface area contributed by atoms with Crippen molar-refractivity contribution in [2.45, 2.75) is 58.0 Å². The van der Waals surface area contributed by atoms with E-state index < -0.39 is 11.3 Å². The number of methoxy groups -OCH3 is 3. The van der Waals surface area contributed by atoms with Crippen LogP contribution in [-0.2, 0) is 22.5 Å². The highest BCUT2D eigenvalue weighted by Crippen LogP contribution is 2.43. The third-order valence-corrected chi connectivity index (χ3v) is 10.5. The van der Waals surface area contributed by atoms with Crippen LogP contribution in [0, 0.1) is 11.2 Å². The van der Waals surface area contributed by atoms with E-state index >= 15 is 0 Å². The number of carbonyl (C=O) groups excluding carboxylic acids is 2. The number of ether oxygens (including phenoxy) is 4. The minimum absolute atomic E-state index is 0.203. The predicted octanol–water partition coefficient (Wildman–Crippen LogP) is 6.20. The summed E-state index contributed by atoms with van der Waals surface area (Å²) in [6.07, 6.45) is 4.32. The van der Waals surface area contributed by atoms with Gasteiger partial charge in [0.25, 0.3) is 5.91 Å². The molecule has 1 aromatic heterocycles. The van der Waals surface area contributed by atoms with Crippen LogP contribution < -0.4 is 19.5 Å². The summed E-state index contributed by atoms with van der Waals surface area (Å²) >= 11 is 0. The molecule has 1 atom stereocenters. The summed E-state index contributed by atoms with van der Waals surface area (Å²) in [4.78, 5) is 36.9. The van der Waals surface area contributed by atoms with Crippen LogP contribution in [0.5, 0.6) is 17.2 Å². The van der Waals surface area contributed by atoms with Crippen LogP contribution in [0.3, 0.4) is 0 Å². The van der Waals surface area contributed by atoms with Gasteiger partial charge in [-0.15, -0.1) is 0 Å². The van der Waals surface area contributed by atoms with Gasteiger partial charge in [-0.25, -0.2) is 9.37 Å². The number of hydrogen-bond donors (Lipinski definition) is 1. The molecular weight excluding hydrogens is 665 g/mol. The highest BCUT2D eigenvalue weighted by molar-refractivity contribution is 6.08. The Hall–Kier alpha value is -4.68. The molecule has 3 aromatic carbocycles. The Labute approximate surface area is 305 Å². The molecule has 11 nitrogen and oxygen atoms in total. The number of benzene rings is 3. The van der Waals surface area contributed by atoms with Gasteiger partial charge in [-0.05, 0) is 94.0 Å². The zero-order chi connectivity index (χ0) is 36.7. The van der Waals surface area contributed by atoms with Gasteiger partial charge in [0.05, 0.1) is 44.4 Å². The Balaban J connectivity index is 1.10. The molecule has 1 N–H and O–H groups in total. The topological polar surface area (TPSA) is 107 Å². The molecule has 0 radical (unpaired) electrons. The van der Waals surface area contributed by atoms with Gasteiger partial charge < -0.3 is 33.7 Å². The van der Waals surface area contributed by atoms with E-state index in [9.17, 15) is 14.0 Å². The van der Waals surface area contributed by atoms with Gasteiger partial charge in [0.1, 0.15) is 5.82 Å². The van der Waals surface area contributed by atoms with Crippen LogP contribution in [0.1, 0.15) is 54.9 Å². The number of likely N-dealkylation sites (tertiary alicyclic amines) is 2. The number of aromatic nitrogens is 2. The second-order valence-electron chi connectivity index (χ2n) is 13.6. The van der Waals surface area contributed by atoms with E-state index in [-0.39, 0.29) is 17.3 Å². The number of imidazole rings is 1. The molecule has 4 aromatic rings. The number of amides is 2. The molecule has 1 unspecified atom stereocenters. The normalized spacial score (nSPS) is 18.2. The minimum atomic E-state index is -0.783. The number of rotatable bonds is 16. The lowest BCUT2D eigenvalue weighted by molar-refractivity contribution is -0.134. The van der Waals surface area contributed by atoms with Gasteiger partial charge >= 0.3 is 0 Å². The quantitative estimate of drug-likeness (QED) is 0.107. The van der Waals surface area contributed by atoms with Crippen molar-refractivity contribution in [3.63, 3.8) is 0 Å². The fourth-order valence-corrected chi connectivity index (χ4v) is 7.69. The number of carbonyl (C=O) groups is 2. The molecule has 0 spiro atoms. The Morgan fingerprint density at radius 1 is 0.962 bits per heavy atom. The zero-order valence-corrected chi connectivity index (χ0v) is 30.7. The first-order valence-electron chi connectivity index (χ1n) is 18.2. The van der Waals surface area contributed by atoms with Gasteiger partial charge in [-0.2, -0.15) is 0 Å². The lowest BCUT2D eigenvalue weighted by Gasteiger charge is -2.34. The number of hydrogen-bond acceptors (Lipinski definition) is 9. The van der Waals surface area contributed by atoms with Crippen molar-refractivity contribution in [3.8, 4) is 17.2 Å². The van der Waals surface area contributed by atoms with Gasteiger partial charge in [-0.3, -0.25) is 14.5 Å². The van der Waals surface area contributed by atoms with E-state index in [1.165, 1.54) is 38.4 Å². The molecule has 2 aliphatic rings. The molecule has 12 heteroatoms. The summed E-state index contributed by atoms with van der Waals surface area (Å²) in [6, 6.07) is 18.0. The number of anilines is 1. The van der Waals surface area contributed by atoms with Gasteiger partial charge in [0.2, 0.25) is 17.6 Å². The zero-order valence-electron chi connectivity index (χ0n) is 30.7. The van der Waals surface area contributed by atoms with Crippen molar-refractivity contribution >= 4 is 28.8 Å². The third-order valence-electron chi connectivity index (χ3n) is 10.5. The standard InChI is InChI=1S/C40H50FN5O6/c1-5-52-24-23-45-33-10-7-6-9-32(33)43-39(45)42-31-15-20-44(21-16-31)19-8-17-40(27-28-11-13-30(41)14-12-28)18-22-46(38(40)48)37(47)29-25-34(49-2)36(51-4)35(26-29)50-3/h6-7,9-14,25-26,31H,5,8,15-24,27H2,1-4H3,(H,42,43). The van der Waals surface area contributed by atoms with Gasteiger partial charge in [0.15, 0.2) is 11.5 Å². The van der Waals surface area contributed by atoms with Gasteiger partial charge in [-0.1, -0.05) is 24.3 Å². The highest BCUT2D eigenvalue weighted by atomic mass is 19.1. The first-order chi connectivity index (χ1) is 25.3. The largest absolute Gasteiger partial charge is 0.493 e. The minimum Gasteiger partial charge on any atom is -0.493 e. The summed E-state index contributed by atoms with van der Waals surface area (Å²) in [5, 5.41) is 3.72. The summed E-state index contributed by atoms with van der Waals surface area (Å²) in [7, 11) is 4.47. The molecule has 0 aliphatic carbocycles. The Morgan fingerprint density at radius 3 is 2.35 bits per heavy atom. The maximum Gasteiger partial charge on any atom is 0.260 e. The Kier molecular flexibility index (Phi) is 12.0. The Morgan fingerprint density at radius 2 is 1.67 bits per heavy atom. The summed E-state index contributed by atoms with van der Waals surface area (Å²) in [5.74, 6) is 0.999. The van der Waals surface area contributed by atoms with Crippen LogP contribution in [0.25, 0.3) is 11.0 Å². The number of nitrogens with zero attached hydrogens (tertiary/aromatic N) is 4. The second-order valence-corrected chi connectivity index (χ2v) is 13.6. The maximum absolute atomic E-state index is 14.3. The fourth-order valence-electron chi connectivity index (χ4n) is 7.69. The van der Waals surface area contributed by atoms with Crippen molar-refractivity contribution in [1.29, 1.82) is 0 Å². The summed E-state index contributed by atoms with van der Waals surface area (Å²) < 4.78 is 38.0. The predicted molar refractivity (Wildman–Crippen MR) is 198 cm³/mol. The molecule has 0 saturated carbocycles. The van der Waals surface area contributed by atoms with Crippen molar-refractivity contribution in [2.24, 2.45) is 5.41 Å². The van der Waals surface area contributed by atoms with Gasteiger partial charge in [0, 0.05) is 44.4 Å². The van der Waals surface area contributed by atoms with Crippen molar-refractivity contribution in [1.82, 2.24) is 19.4 Å². The van der Waals surface area contributed by atoms with Crippen LogP contribution in [-0.4, -0.2) is 97.9 Å². The van der Waals surface area contributed by atoms with E-state index in [2.05, 4.69) is 20.9 Å². The molecule has 2 saturated heterocycles. The average molecular weight is 716 g/mol. The summed E-state index contributed by atoms with van der Waals surface area (Å²) in [5.41, 5.74) is 2.44. The van der Waals surface area contributed by atoms with E-state index in [0.29, 0.717) is 62.3 Å². The van der Waals surface area contributed by atoms with Crippen LogP contribution in [0.15, 0.2) is 60.7 Å². The molecular formula is C40H50FN5O6. The van der Waals surface area contributed by atoms with Crippen LogP contribution in [0.4, 0.5) is 10.3 Å². The SMILES string of the molecule is CCOCCn1c(NC2CCN(CCCC3(Cc4ccc(F)cc4)CCN(C(=O)c4cc(OC)c(OC)c(OC)c4)C3=O)CC2)nc2ccccc21. The molecule has 3 heterocycles. The lowest BCUT2D eigenvalue weighted by atomic mass is 9.76. The van der Waals surface area contributed by atoms with Crippen molar-refractivity contribution < 1.29 is 32.9 Å². The number of nitrogens with one attached hydrogen (secondary N) is 1. The number of halogens is 1. The molecule has 2 fully saturated rings. The fraction of sp³-hybridized carbons (Fsp3) is 0.475. The maximum atomic E-state index is 14.3. The molecule has 2 aliphatic heterocycles.